The summed E-state index contributed by atoms with van der Waals surface area (Å²) >= 11 is 6.15. The summed E-state index contributed by atoms with van der Waals surface area (Å²) in [5.74, 6) is 0.0261. The molecular weight excluding hydrogens is 250 g/mol. The summed E-state index contributed by atoms with van der Waals surface area (Å²) in [6, 6.07) is 5.97. The molecule has 0 aliphatic carbocycles. The van der Waals surface area contributed by atoms with Crippen LogP contribution < -0.4 is 10.6 Å². The van der Waals surface area contributed by atoms with Crippen LogP contribution in [0.25, 0.3) is 0 Å². The summed E-state index contributed by atoms with van der Waals surface area (Å²) in [5.41, 5.74) is 7.13. The van der Waals surface area contributed by atoms with E-state index in [2.05, 4.69) is 30.8 Å². The lowest BCUT2D eigenvalue weighted by molar-refractivity contribution is 0.318. The maximum absolute atomic E-state index is 8.66. The first-order valence-corrected chi connectivity index (χ1v) is 6.43. The number of nitrogens with zero attached hydrogens (tertiary/aromatic N) is 2. The molecule has 0 saturated heterocycles. The van der Waals surface area contributed by atoms with Gasteiger partial charge in [0.2, 0.25) is 0 Å². The van der Waals surface area contributed by atoms with Crippen LogP contribution in [0, 0.1) is 0 Å². The van der Waals surface area contributed by atoms with Crippen molar-refractivity contribution in [2.24, 2.45) is 10.9 Å². The third-order valence-corrected chi connectivity index (χ3v) is 3.07. The molecule has 0 radical (unpaired) electrons. The average molecular weight is 270 g/mol. The normalized spacial score (nSPS) is 11.9. The van der Waals surface area contributed by atoms with Crippen molar-refractivity contribution in [3.8, 4) is 0 Å². The van der Waals surface area contributed by atoms with Gasteiger partial charge >= 0.3 is 0 Å². The van der Waals surface area contributed by atoms with Crippen molar-refractivity contribution in [2.45, 2.75) is 33.2 Å². The lowest BCUT2D eigenvalue weighted by atomic mass is 10.1. The SMILES string of the molecule is CCCN(c1ccc(C(N)=NO)c(Cl)c1)C(C)C. The molecule has 3 N–H and O–H groups in total. The number of hydrogen-bond acceptors (Lipinski definition) is 3. The van der Waals surface area contributed by atoms with Crippen LogP contribution in [0.2, 0.25) is 5.02 Å². The van der Waals surface area contributed by atoms with Gasteiger partial charge < -0.3 is 15.8 Å². The smallest absolute Gasteiger partial charge is 0.171 e. The maximum Gasteiger partial charge on any atom is 0.171 e. The minimum atomic E-state index is 0.0261. The maximum atomic E-state index is 8.66. The number of amidine groups is 1. The van der Waals surface area contributed by atoms with E-state index in [0.29, 0.717) is 16.6 Å². The Kier molecular flexibility index (Phi) is 5.28. The van der Waals surface area contributed by atoms with Crippen molar-refractivity contribution in [3.05, 3.63) is 28.8 Å². The first kappa shape index (κ1) is 14.6. The highest BCUT2D eigenvalue weighted by atomic mass is 35.5. The molecular formula is C13H20ClN3O. The second-order valence-corrected chi connectivity index (χ2v) is 4.84. The van der Waals surface area contributed by atoms with Gasteiger partial charge in [-0.15, -0.1) is 0 Å². The van der Waals surface area contributed by atoms with E-state index in [1.165, 1.54) is 0 Å². The topological polar surface area (TPSA) is 61.8 Å². The zero-order valence-electron chi connectivity index (χ0n) is 11.0. The number of oxime groups is 1. The Morgan fingerprint density at radius 1 is 1.50 bits per heavy atom. The molecule has 0 bridgehead atoms. The Balaban J connectivity index is 3.09. The molecule has 100 valence electrons. The second-order valence-electron chi connectivity index (χ2n) is 4.44. The largest absolute Gasteiger partial charge is 0.409 e. The molecule has 0 spiro atoms. The fourth-order valence-electron chi connectivity index (χ4n) is 1.87. The highest BCUT2D eigenvalue weighted by molar-refractivity contribution is 6.34. The Morgan fingerprint density at radius 2 is 2.17 bits per heavy atom. The van der Waals surface area contributed by atoms with Gasteiger partial charge in [-0.05, 0) is 38.5 Å². The number of anilines is 1. The summed E-state index contributed by atoms with van der Waals surface area (Å²) in [5, 5.41) is 12.1. The number of rotatable bonds is 5. The number of benzene rings is 1. The van der Waals surface area contributed by atoms with Crippen LogP contribution >= 0.6 is 11.6 Å². The Morgan fingerprint density at radius 3 is 2.61 bits per heavy atom. The summed E-state index contributed by atoms with van der Waals surface area (Å²) in [6.07, 6.45) is 1.07. The average Bonchev–Trinajstić information content (AvgIpc) is 2.34. The van der Waals surface area contributed by atoms with Crippen LogP contribution in [0.5, 0.6) is 0 Å². The third kappa shape index (κ3) is 3.29. The van der Waals surface area contributed by atoms with E-state index in [9.17, 15) is 0 Å². The van der Waals surface area contributed by atoms with Gasteiger partial charge in [-0.1, -0.05) is 23.7 Å². The molecule has 0 aliphatic rings. The monoisotopic (exact) mass is 269 g/mol. The molecule has 0 aliphatic heterocycles. The van der Waals surface area contributed by atoms with Gasteiger partial charge in [0.25, 0.3) is 0 Å². The predicted octanol–water partition coefficient (Wildman–Crippen LogP) is 3.06. The van der Waals surface area contributed by atoms with Gasteiger partial charge in [0, 0.05) is 23.8 Å². The quantitative estimate of drug-likeness (QED) is 0.374. The zero-order valence-corrected chi connectivity index (χ0v) is 11.8. The fraction of sp³-hybridized carbons (Fsp3) is 0.462. The molecule has 1 rings (SSSR count). The molecule has 4 nitrogen and oxygen atoms in total. The molecule has 0 unspecified atom stereocenters. The molecule has 0 saturated carbocycles. The number of hydrogen-bond donors (Lipinski definition) is 2. The molecule has 0 amide bonds. The molecule has 0 fully saturated rings. The predicted molar refractivity (Wildman–Crippen MR) is 76.7 cm³/mol. The van der Waals surface area contributed by atoms with Gasteiger partial charge in [0.1, 0.15) is 0 Å². The lowest BCUT2D eigenvalue weighted by Gasteiger charge is -2.29. The van der Waals surface area contributed by atoms with Crippen molar-refractivity contribution in [1.82, 2.24) is 0 Å². The van der Waals surface area contributed by atoms with E-state index in [1.54, 1.807) is 6.07 Å². The van der Waals surface area contributed by atoms with Crippen LogP contribution in [-0.4, -0.2) is 23.6 Å². The lowest BCUT2D eigenvalue weighted by Crippen LogP contribution is -2.31. The Labute approximate surface area is 113 Å². The first-order chi connectivity index (χ1) is 8.51. The van der Waals surface area contributed by atoms with E-state index < -0.39 is 0 Å². The van der Waals surface area contributed by atoms with Crippen molar-refractivity contribution in [3.63, 3.8) is 0 Å². The van der Waals surface area contributed by atoms with Crippen LogP contribution in [0.15, 0.2) is 23.4 Å². The van der Waals surface area contributed by atoms with Crippen LogP contribution in [0.3, 0.4) is 0 Å². The van der Waals surface area contributed by atoms with Gasteiger partial charge in [-0.2, -0.15) is 0 Å². The van der Waals surface area contributed by atoms with E-state index in [-0.39, 0.29) is 5.84 Å². The molecule has 1 aromatic carbocycles. The van der Waals surface area contributed by atoms with Crippen LogP contribution in [0.1, 0.15) is 32.8 Å². The standard InChI is InChI=1S/C13H20ClN3O/c1-4-7-17(9(2)3)10-5-6-11(12(14)8-10)13(15)16-18/h5-6,8-9,18H,4,7H2,1-3H3,(H2,15,16). The van der Waals surface area contributed by atoms with E-state index >= 15 is 0 Å². The van der Waals surface area contributed by atoms with E-state index in [0.717, 1.165) is 18.7 Å². The van der Waals surface area contributed by atoms with E-state index in [1.807, 2.05) is 12.1 Å². The number of halogens is 1. The summed E-state index contributed by atoms with van der Waals surface area (Å²) in [4.78, 5) is 2.27. The Bertz CT molecular complexity index is 432. The van der Waals surface area contributed by atoms with Crippen LogP contribution in [0.4, 0.5) is 5.69 Å². The summed E-state index contributed by atoms with van der Waals surface area (Å²) in [6.45, 7) is 7.39. The minimum absolute atomic E-state index is 0.0261. The van der Waals surface area contributed by atoms with Gasteiger partial charge in [-0.25, -0.2) is 0 Å². The molecule has 0 aromatic heterocycles. The molecule has 0 atom stereocenters. The van der Waals surface area contributed by atoms with Crippen molar-refractivity contribution >= 4 is 23.1 Å². The highest BCUT2D eigenvalue weighted by Gasteiger charge is 2.12. The molecule has 18 heavy (non-hydrogen) atoms. The van der Waals surface area contributed by atoms with Crippen molar-refractivity contribution in [1.29, 1.82) is 0 Å². The van der Waals surface area contributed by atoms with E-state index in [4.69, 9.17) is 22.5 Å². The van der Waals surface area contributed by atoms with Gasteiger partial charge in [0.15, 0.2) is 5.84 Å². The second kappa shape index (κ2) is 6.50. The first-order valence-electron chi connectivity index (χ1n) is 6.05. The molecule has 5 heteroatoms. The van der Waals surface area contributed by atoms with Crippen molar-refractivity contribution < 1.29 is 5.21 Å². The minimum Gasteiger partial charge on any atom is -0.409 e. The summed E-state index contributed by atoms with van der Waals surface area (Å²) in [7, 11) is 0. The zero-order chi connectivity index (χ0) is 13.7. The number of nitrogens with two attached hydrogens (primary N) is 1. The molecule has 1 aromatic rings. The summed E-state index contributed by atoms with van der Waals surface area (Å²) < 4.78 is 0. The van der Waals surface area contributed by atoms with Crippen LogP contribution in [-0.2, 0) is 0 Å². The highest BCUT2D eigenvalue weighted by Crippen LogP contribution is 2.25. The van der Waals surface area contributed by atoms with Crippen molar-refractivity contribution in [2.75, 3.05) is 11.4 Å². The Hall–Kier alpha value is -1.42. The molecule has 0 heterocycles. The van der Waals surface area contributed by atoms with Gasteiger partial charge in [-0.3, -0.25) is 0 Å². The third-order valence-electron chi connectivity index (χ3n) is 2.76. The fourth-order valence-corrected chi connectivity index (χ4v) is 2.14. The van der Waals surface area contributed by atoms with Gasteiger partial charge in [0.05, 0.1) is 5.02 Å².